The van der Waals surface area contributed by atoms with Crippen LogP contribution in [-0.2, 0) is 5.66 Å². The van der Waals surface area contributed by atoms with Gasteiger partial charge in [0.15, 0.2) is 5.82 Å². The summed E-state index contributed by atoms with van der Waals surface area (Å²) in [5, 5.41) is 14.0. The number of carbonyl (C=O) groups is 1. The van der Waals surface area contributed by atoms with Gasteiger partial charge in [0.2, 0.25) is 0 Å². The molecular formula is C25H32N8O3. The van der Waals surface area contributed by atoms with Crippen molar-refractivity contribution in [2.45, 2.75) is 45.2 Å². The standard InChI is InChI=1S/C25H32N8O3/c1-16-13-18(24(35)33-20(16)23(34)30-25(33)5-7-26-8-6-25)29-22-21-17(2)19(14-32(21)28-15-27-22)36-12-11-31-9-3-4-10-31/h13-15,26H,3-12H2,1-2H3,(H,30,34)(H,27,28,29). The zero-order valence-electron chi connectivity index (χ0n) is 20.8. The Labute approximate surface area is 208 Å². The van der Waals surface area contributed by atoms with Crippen LogP contribution >= 0.6 is 0 Å². The van der Waals surface area contributed by atoms with Crippen LogP contribution in [0.15, 0.2) is 23.4 Å². The summed E-state index contributed by atoms with van der Waals surface area (Å²) >= 11 is 0. The van der Waals surface area contributed by atoms with Crippen molar-refractivity contribution in [3.8, 4) is 5.75 Å². The maximum absolute atomic E-state index is 13.7. The number of carbonyl (C=O) groups excluding carboxylic acids is 1. The van der Waals surface area contributed by atoms with Crippen molar-refractivity contribution in [1.29, 1.82) is 0 Å². The van der Waals surface area contributed by atoms with Crippen molar-refractivity contribution in [3.63, 3.8) is 0 Å². The molecule has 0 radical (unpaired) electrons. The van der Waals surface area contributed by atoms with Crippen LogP contribution in [0.5, 0.6) is 5.75 Å². The van der Waals surface area contributed by atoms with Crippen LogP contribution in [0.1, 0.15) is 47.3 Å². The highest BCUT2D eigenvalue weighted by molar-refractivity contribution is 5.97. The molecule has 2 fully saturated rings. The molecule has 0 atom stereocenters. The molecule has 2 saturated heterocycles. The minimum Gasteiger partial charge on any atom is -0.490 e. The Hall–Kier alpha value is -3.44. The van der Waals surface area contributed by atoms with Crippen molar-refractivity contribution >= 4 is 22.9 Å². The average Bonchev–Trinajstić information content (AvgIpc) is 3.56. The zero-order valence-corrected chi connectivity index (χ0v) is 20.8. The average molecular weight is 493 g/mol. The van der Waals surface area contributed by atoms with Gasteiger partial charge in [-0.05, 0) is 64.5 Å². The van der Waals surface area contributed by atoms with Crippen LogP contribution in [0, 0.1) is 13.8 Å². The van der Waals surface area contributed by atoms with Crippen molar-refractivity contribution in [2.24, 2.45) is 0 Å². The highest BCUT2D eigenvalue weighted by atomic mass is 16.5. The number of aromatic nitrogens is 4. The zero-order chi connectivity index (χ0) is 24.9. The molecule has 3 aliphatic rings. The minimum absolute atomic E-state index is 0.194. The second kappa shape index (κ2) is 8.90. The fourth-order valence-electron chi connectivity index (χ4n) is 5.83. The van der Waals surface area contributed by atoms with E-state index in [0.717, 1.165) is 55.1 Å². The number of fused-ring (bicyclic) bond motifs is 3. The van der Waals surface area contributed by atoms with Gasteiger partial charge in [-0.15, -0.1) is 0 Å². The van der Waals surface area contributed by atoms with Gasteiger partial charge in [-0.25, -0.2) is 9.50 Å². The molecule has 1 spiro atoms. The van der Waals surface area contributed by atoms with Gasteiger partial charge in [0.25, 0.3) is 11.5 Å². The molecule has 3 aromatic heterocycles. The number of ether oxygens (including phenoxy) is 1. The first-order chi connectivity index (χ1) is 17.5. The summed E-state index contributed by atoms with van der Waals surface area (Å²) in [5.74, 6) is 1.08. The maximum Gasteiger partial charge on any atom is 0.276 e. The predicted molar refractivity (Wildman–Crippen MR) is 135 cm³/mol. The molecule has 0 saturated carbocycles. The van der Waals surface area contributed by atoms with Crippen LogP contribution in [0.2, 0.25) is 0 Å². The van der Waals surface area contributed by atoms with E-state index in [1.807, 2.05) is 20.0 Å². The maximum atomic E-state index is 13.7. The third-order valence-corrected chi connectivity index (χ3v) is 7.71. The van der Waals surface area contributed by atoms with E-state index in [1.165, 1.54) is 19.2 Å². The second-order valence-electron chi connectivity index (χ2n) is 10.0. The van der Waals surface area contributed by atoms with Crippen molar-refractivity contribution in [3.05, 3.63) is 45.8 Å². The van der Waals surface area contributed by atoms with Crippen LogP contribution < -0.4 is 26.2 Å². The number of piperidine rings is 1. The Bertz CT molecular complexity index is 1380. The van der Waals surface area contributed by atoms with Crippen molar-refractivity contribution < 1.29 is 9.53 Å². The molecule has 0 unspecified atom stereocenters. The third kappa shape index (κ3) is 3.73. The van der Waals surface area contributed by atoms with Gasteiger partial charge >= 0.3 is 0 Å². The van der Waals surface area contributed by atoms with Gasteiger partial charge < -0.3 is 20.7 Å². The molecule has 1 amide bonds. The first kappa shape index (κ1) is 23.0. The number of nitrogens with zero attached hydrogens (tertiary/aromatic N) is 5. The number of hydrogen-bond donors (Lipinski definition) is 3. The molecule has 0 bridgehead atoms. The molecule has 3 N–H and O–H groups in total. The van der Waals surface area contributed by atoms with E-state index < -0.39 is 5.66 Å². The Balaban J connectivity index is 1.33. The van der Waals surface area contributed by atoms with E-state index in [1.54, 1.807) is 15.1 Å². The highest BCUT2D eigenvalue weighted by Gasteiger charge is 2.45. The molecule has 6 rings (SSSR count). The molecule has 190 valence electrons. The van der Waals surface area contributed by atoms with Gasteiger partial charge in [-0.2, -0.15) is 5.10 Å². The van der Waals surface area contributed by atoms with Gasteiger partial charge in [-0.3, -0.25) is 19.1 Å². The van der Waals surface area contributed by atoms with Crippen molar-refractivity contribution in [2.75, 3.05) is 44.6 Å². The van der Waals surface area contributed by atoms with Crippen LogP contribution in [-0.4, -0.2) is 69.3 Å². The molecule has 3 aromatic rings. The lowest BCUT2D eigenvalue weighted by atomic mass is 9.98. The fourth-order valence-corrected chi connectivity index (χ4v) is 5.83. The van der Waals surface area contributed by atoms with Gasteiger partial charge in [0.05, 0.1) is 6.20 Å². The monoisotopic (exact) mass is 492 g/mol. The number of nitrogens with one attached hydrogen (secondary N) is 3. The highest BCUT2D eigenvalue weighted by Crippen LogP contribution is 2.33. The quantitative estimate of drug-likeness (QED) is 0.474. The molecule has 3 aliphatic heterocycles. The Morgan fingerprint density at radius 2 is 1.94 bits per heavy atom. The van der Waals surface area contributed by atoms with Gasteiger partial charge in [0.1, 0.15) is 41.2 Å². The molecule has 0 aliphatic carbocycles. The van der Waals surface area contributed by atoms with E-state index in [4.69, 9.17) is 4.74 Å². The molecule has 11 nitrogen and oxygen atoms in total. The molecule has 0 aromatic carbocycles. The predicted octanol–water partition coefficient (Wildman–Crippen LogP) is 1.51. The molecular weight excluding hydrogens is 460 g/mol. The Morgan fingerprint density at radius 1 is 1.17 bits per heavy atom. The summed E-state index contributed by atoms with van der Waals surface area (Å²) in [7, 11) is 0. The van der Waals surface area contributed by atoms with Crippen molar-refractivity contribution in [1.82, 2.24) is 34.7 Å². The topological polar surface area (TPSA) is 118 Å². The summed E-state index contributed by atoms with van der Waals surface area (Å²) in [5.41, 5.74) is 2.29. The van der Waals surface area contributed by atoms with Crippen LogP contribution in [0.3, 0.4) is 0 Å². The number of likely N-dealkylation sites (tertiary alicyclic amines) is 1. The van der Waals surface area contributed by atoms with Crippen LogP contribution in [0.4, 0.5) is 11.5 Å². The number of amides is 1. The van der Waals surface area contributed by atoms with E-state index in [9.17, 15) is 9.59 Å². The van der Waals surface area contributed by atoms with E-state index in [-0.39, 0.29) is 11.5 Å². The fraction of sp³-hybridized carbons (Fsp3) is 0.520. The van der Waals surface area contributed by atoms with E-state index in [2.05, 4.69) is 30.9 Å². The van der Waals surface area contributed by atoms with Crippen LogP contribution in [0.25, 0.3) is 5.52 Å². The first-order valence-corrected chi connectivity index (χ1v) is 12.7. The number of anilines is 2. The number of rotatable bonds is 6. The van der Waals surface area contributed by atoms with Gasteiger partial charge in [-0.1, -0.05) is 0 Å². The summed E-state index contributed by atoms with van der Waals surface area (Å²) in [6.07, 6.45) is 7.13. The van der Waals surface area contributed by atoms with E-state index >= 15 is 0 Å². The number of aryl methyl sites for hydroxylation is 2. The Kier molecular flexibility index (Phi) is 5.68. The number of pyridine rings is 1. The lowest BCUT2D eigenvalue weighted by Crippen LogP contribution is -2.53. The van der Waals surface area contributed by atoms with E-state index in [0.29, 0.717) is 36.6 Å². The lowest BCUT2D eigenvalue weighted by Gasteiger charge is -2.35. The number of hydrogen-bond acceptors (Lipinski definition) is 8. The Morgan fingerprint density at radius 3 is 2.72 bits per heavy atom. The normalized spacial score (nSPS) is 19.1. The first-order valence-electron chi connectivity index (χ1n) is 12.7. The summed E-state index contributed by atoms with van der Waals surface area (Å²) < 4.78 is 9.49. The largest absolute Gasteiger partial charge is 0.490 e. The molecule has 6 heterocycles. The smallest absolute Gasteiger partial charge is 0.276 e. The third-order valence-electron chi connectivity index (χ3n) is 7.71. The summed E-state index contributed by atoms with van der Waals surface area (Å²) in [6, 6.07) is 1.73. The SMILES string of the molecule is Cc1cc(Nc2ncnn3cc(OCCN4CCCC4)c(C)c23)c(=O)n2c1C(=O)NC21CCNCC1. The minimum atomic E-state index is -0.695. The summed E-state index contributed by atoms with van der Waals surface area (Å²) in [4.78, 5) is 33.4. The summed E-state index contributed by atoms with van der Waals surface area (Å²) in [6.45, 7) is 9.08. The molecule has 11 heteroatoms. The van der Waals surface area contributed by atoms with Gasteiger partial charge in [0, 0.05) is 24.9 Å². The molecule has 36 heavy (non-hydrogen) atoms. The second-order valence-corrected chi connectivity index (χ2v) is 10.0. The lowest BCUT2D eigenvalue weighted by molar-refractivity contribution is 0.0886.